The lowest BCUT2D eigenvalue weighted by molar-refractivity contribution is 0.0686. The fourth-order valence-electron chi connectivity index (χ4n) is 10.9. The summed E-state index contributed by atoms with van der Waals surface area (Å²) in [6.45, 7) is 5.70. The zero-order chi connectivity index (χ0) is 55.5. The van der Waals surface area contributed by atoms with Gasteiger partial charge in [-0.2, -0.15) is 0 Å². The Balaban J connectivity index is 1.18. The highest BCUT2D eigenvalue weighted by atomic mass is 16.5. The number of hydrogen-bond acceptors (Lipinski definition) is 7. The van der Waals surface area contributed by atoms with Crippen molar-refractivity contribution in [1.29, 1.82) is 0 Å². The number of hydrogen-bond donors (Lipinski definition) is 4. The van der Waals surface area contributed by atoms with Crippen molar-refractivity contribution in [2.24, 2.45) is 0 Å². The molecular formula is C69H77N5O6. The maximum absolute atomic E-state index is 12.1. The molecule has 9 rings (SSSR count). The first-order chi connectivity index (χ1) is 39.3. The number of aromatic amines is 2. The molecule has 4 aromatic heterocycles. The number of H-pyrrole nitrogens is 2. The number of aromatic carboxylic acids is 2. The summed E-state index contributed by atoms with van der Waals surface area (Å²) in [6, 6.07) is 32.1. The number of fused-ring (bicyclic) bond motifs is 8. The van der Waals surface area contributed by atoms with Crippen LogP contribution in [0.15, 0.2) is 116 Å². The Bertz CT molecular complexity index is 3330. The second kappa shape index (κ2) is 28.7. The third-order valence-electron chi connectivity index (χ3n) is 15.3. The summed E-state index contributed by atoms with van der Waals surface area (Å²) in [5, 5.41) is 19.8. The fraction of sp³-hybridized carbons (Fsp3) is 0.348. The summed E-state index contributed by atoms with van der Waals surface area (Å²) >= 11 is 0. The van der Waals surface area contributed by atoms with Crippen molar-refractivity contribution < 1.29 is 29.3 Å². The quantitative estimate of drug-likeness (QED) is 0.0321. The van der Waals surface area contributed by atoms with Crippen LogP contribution in [0.2, 0.25) is 0 Å². The lowest BCUT2D eigenvalue weighted by Gasteiger charge is -2.14. The average molecular weight is 1070 g/mol. The van der Waals surface area contributed by atoms with Crippen molar-refractivity contribution in [3.05, 3.63) is 149 Å². The molecule has 0 spiro atoms. The molecule has 0 fully saturated rings. The molecule has 0 amide bonds. The second-order valence-electron chi connectivity index (χ2n) is 21.3. The topological polar surface area (TPSA) is 163 Å². The van der Waals surface area contributed by atoms with Crippen LogP contribution in [0, 0.1) is 0 Å². The number of nitrogens with one attached hydrogen (secondary N) is 2. The Kier molecular flexibility index (Phi) is 20.3. The van der Waals surface area contributed by atoms with Crippen LogP contribution in [0.4, 0.5) is 0 Å². The predicted octanol–water partition coefficient (Wildman–Crippen LogP) is 18.7. The number of aromatic nitrogens is 5. The molecule has 2 aliphatic rings. The van der Waals surface area contributed by atoms with Crippen molar-refractivity contribution in [3.8, 4) is 56.0 Å². The number of carbonyl (C=O) groups is 2. The van der Waals surface area contributed by atoms with E-state index in [0.29, 0.717) is 36.0 Å². The molecule has 0 saturated heterocycles. The zero-order valence-electron chi connectivity index (χ0n) is 46.7. The summed E-state index contributed by atoms with van der Waals surface area (Å²) in [5.74, 6) is -0.561. The molecule has 0 aliphatic carbocycles. The summed E-state index contributed by atoms with van der Waals surface area (Å²) in [5.41, 5.74) is 12.9. The number of carboxylic acids is 2. The minimum atomic E-state index is -1.00. The first-order valence-corrected chi connectivity index (χ1v) is 29.4. The number of rotatable bonds is 30. The van der Waals surface area contributed by atoms with E-state index in [2.05, 4.69) is 47.0 Å². The van der Waals surface area contributed by atoms with Crippen molar-refractivity contribution in [2.45, 2.75) is 142 Å². The number of nitrogens with zero attached hydrogens (tertiary/aromatic N) is 3. The number of carboxylic acid groups (broad SMARTS) is 2. The van der Waals surface area contributed by atoms with Gasteiger partial charge in [-0.05, 0) is 132 Å². The van der Waals surface area contributed by atoms with Gasteiger partial charge in [0.05, 0.1) is 47.1 Å². The highest BCUT2D eigenvalue weighted by Gasteiger charge is 2.21. The van der Waals surface area contributed by atoms with Gasteiger partial charge >= 0.3 is 11.9 Å². The van der Waals surface area contributed by atoms with E-state index in [1.54, 1.807) is 36.7 Å². The molecule has 11 heteroatoms. The minimum Gasteiger partial charge on any atom is -0.493 e. The van der Waals surface area contributed by atoms with Crippen LogP contribution >= 0.6 is 0 Å². The smallest absolute Gasteiger partial charge is 0.335 e. The molecule has 414 valence electrons. The Hall–Kier alpha value is -8.05. The van der Waals surface area contributed by atoms with Crippen LogP contribution in [0.3, 0.4) is 0 Å². The minimum absolute atomic E-state index is 0.186. The van der Waals surface area contributed by atoms with E-state index in [0.717, 1.165) is 104 Å². The number of benzene rings is 3. The molecule has 4 N–H and O–H groups in total. The van der Waals surface area contributed by atoms with E-state index in [-0.39, 0.29) is 11.1 Å². The average Bonchev–Trinajstić information content (AvgIpc) is 4.42. The van der Waals surface area contributed by atoms with Gasteiger partial charge < -0.3 is 29.7 Å². The molecule has 6 heterocycles. The van der Waals surface area contributed by atoms with Crippen molar-refractivity contribution in [3.63, 3.8) is 0 Å². The summed E-state index contributed by atoms with van der Waals surface area (Å²) < 4.78 is 13.3. The third-order valence-corrected chi connectivity index (χ3v) is 15.3. The molecule has 7 aromatic rings. The van der Waals surface area contributed by atoms with Crippen LogP contribution in [-0.4, -0.2) is 60.3 Å². The molecule has 3 aromatic carbocycles. The highest BCUT2D eigenvalue weighted by Crippen LogP contribution is 2.40. The summed E-state index contributed by atoms with van der Waals surface area (Å²) in [4.78, 5) is 47.0. The Labute approximate surface area is 471 Å². The summed E-state index contributed by atoms with van der Waals surface area (Å²) in [7, 11) is 0. The molecule has 0 atom stereocenters. The van der Waals surface area contributed by atoms with Crippen molar-refractivity contribution in [1.82, 2.24) is 24.9 Å². The van der Waals surface area contributed by atoms with E-state index < -0.39 is 11.9 Å². The van der Waals surface area contributed by atoms with Crippen LogP contribution in [0.25, 0.3) is 90.9 Å². The van der Waals surface area contributed by atoms with E-state index in [1.807, 2.05) is 85.0 Å². The van der Waals surface area contributed by atoms with Gasteiger partial charge in [-0.1, -0.05) is 154 Å². The van der Waals surface area contributed by atoms with E-state index in [9.17, 15) is 19.8 Å². The van der Waals surface area contributed by atoms with Crippen LogP contribution in [0.5, 0.6) is 11.5 Å². The molecule has 11 nitrogen and oxygen atoms in total. The van der Waals surface area contributed by atoms with Crippen molar-refractivity contribution in [2.75, 3.05) is 13.2 Å². The number of pyridine rings is 1. The molecule has 80 heavy (non-hydrogen) atoms. The van der Waals surface area contributed by atoms with Gasteiger partial charge in [-0.25, -0.2) is 19.6 Å². The maximum Gasteiger partial charge on any atom is 0.335 e. The highest BCUT2D eigenvalue weighted by molar-refractivity contribution is 6.00. The molecular weight excluding hydrogens is 995 g/mol. The van der Waals surface area contributed by atoms with Gasteiger partial charge in [0.1, 0.15) is 11.5 Å². The lowest BCUT2D eigenvalue weighted by Crippen LogP contribution is -2.01. The van der Waals surface area contributed by atoms with Gasteiger partial charge in [0.25, 0.3) is 0 Å². The Morgan fingerprint density at radius 3 is 1.04 bits per heavy atom. The first-order valence-electron chi connectivity index (χ1n) is 29.4. The molecule has 8 bridgehead atoms. The predicted molar refractivity (Wildman–Crippen MR) is 327 cm³/mol. The zero-order valence-corrected chi connectivity index (χ0v) is 46.7. The Morgan fingerprint density at radius 1 is 0.388 bits per heavy atom. The monoisotopic (exact) mass is 1070 g/mol. The standard InChI is InChI=1S/C69H77N5O6/c1-3-5-7-9-11-13-15-17-19-21-43-79-54-45-53(46-55(47-54)80-44-22-20-18-16-14-12-10-8-6-4-2)67-62-37-35-58(73-62)64(48-23-27-51(28-24-48)68(75)76)56-31-33-60(71-56)66(50-39-41-70-42-40-50)61-34-32-57(72-61)65(59-36-38-63(67)74-59)49-25-29-52(30-26-49)69(77)78/h23-42,45-47,71,74H,3-22,43-44H2,1-2H3,(H,75,76)(H,77,78). The summed E-state index contributed by atoms with van der Waals surface area (Å²) in [6.07, 6.45) is 36.4. The van der Waals surface area contributed by atoms with E-state index in [4.69, 9.17) is 19.4 Å². The van der Waals surface area contributed by atoms with Gasteiger partial charge in [0.15, 0.2) is 0 Å². The van der Waals surface area contributed by atoms with E-state index in [1.165, 1.54) is 103 Å². The van der Waals surface area contributed by atoms with Crippen LogP contribution in [0.1, 0.15) is 186 Å². The Morgan fingerprint density at radius 2 is 0.700 bits per heavy atom. The molecule has 0 saturated carbocycles. The second-order valence-corrected chi connectivity index (χ2v) is 21.3. The van der Waals surface area contributed by atoms with Gasteiger partial charge in [-0.15, -0.1) is 0 Å². The molecule has 0 radical (unpaired) electrons. The lowest BCUT2D eigenvalue weighted by atomic mass is 10.0. The first kappa shape index (κ1) is 56.7. The van der Waals surface area contributed by atoms with Crippen molar-refractivity contribution >= 4 is 58.3 Å². The van der Waals surface area contributed by atoms with Gasteiger partial charge in [0.2, 0.25) is 0 Å². The molecule has 2 aliphatic heterocycles. The number of unbranched alkanes of at least 4 members (excludes halogenated alkanes) is 18. The van der Waals surface area contributed by atoms with E-state index >= 15 is 0 Å². The maximum atomic E-state index is 12.1. The normalized spacial score (nSPS) is 11.8. The largest absolute Gasteiger partial charge is 0.493 e. The SMILES string of the molecule is CCCCCCCCCCCCOc1cc(OCCCCCCCCCCCC)cc(-c2c3nc(c(-c4ccc(C(=O)O)cc4)c4ccc([nH]4)c(-c4ccncc4)c4nc(c(-c5ccc(C(=O)O)cc5)c5ccc2[nH]5)C=C4)C=C3)c1. The molecule has 0 unspecified atom stereocenters. The number of ether oxygens (including phenoxy) is 2. The third kappa shape index (κ3) is 14.8. The van der Waals surface area contributed by atoms with Crippen LogP contribution < -0.4 is 9.47 Å². The van der Waals surface area contributed by atoms with Gasteiger partial charge in [0, 0.05) is 62.8 Å². The fourth-order valence-corrected chi connectivity index (χ4v) is 10.9. The van der Waals surface area contributed by atoms with Gasteiger partial charge in [-0.3, -0.25) is 4.98 Å². The van der Waals surface area contributed by atoms with Crippen LogP contribution in [-0.2, 0) is 0 Å².